The van der Waals surface area contributed by atoms with Gasteiger partial charge in [0.15, 0.2) is 0 Å². The predicted octanol–water partition coefficient (Wildman–Crippen LogP) is 1.15. The lowest BCUT2D eigenvalue weighted by Crippen LogP contribution is -2.25. The first-order chi connectivity index (χ1) is 8.02. The van der Waals surface area contributed by atoms with Gasteiger partial charge < -0.3 is 15.8 Å². The van der Waals surface area contributed by atoms with E-state index in [0.717, 1.165) is 0 Å². The summed E-state index contributed by atoms with van der Waals surface area (Å²) < 4.78 is 5.00. The number of ether oxygens (including phenoxy) is 1. The predicted molar refractivity (Wildman–Crippen MR) is 64.6 cm³/mol. The average molecular weight is 236 g/mol. The van der Waals surface area contributed by atoms with E-state index < -0.39 is 11.8 Å². The molecule has 0 spiro atoms. The first-order valence-corrected chi connectivity index (χ1v) is 5.26. The highest BCUT2D eigenvalue weighted by atomic mass is 16.5. The Hall–Kier alpha value is -2.04. The topological polar surface area (TPSA) is 81.4 Å². The number of carbonyl (C=O) groups excluding carboxylic acids is 2. The van der Waals surface area contributed by atoms with Crippen LogP contribution in [0.4, 0.5) is 5.69 Å². The molecule has 0 heterocycles. The number of benzene rings is 1. The molecule has 2 amide bonds. The van der Waals surface area contributed by atoms with Crippen LogP contribution in [0.25, 0.3) is 0 Å². The summed E-state index contributed by atoms with van der Waals surface area (Å²) >= 11 is 0. The Bertz CT molecular complexity index is 401. The number of carbonyl (C=O) groups is 2. The van der Waals surface area contributed by atoms with Gasteiger partial charge in [0.1, 0.15) is 5.75 Å². The molecule has 0 aromatic heterocycles. The van der Waals surface area contributed by atoms with E-state index >= 15 is 0 Å². The molecule has 0 aliphatic carbocycles. The molecule has 0 saturated carbocycles. The molecule has 0 fully saturated rings. The minimum absolute atomic E-state index is 0.0847. The Morgan fingerprint density at radius 3 is 2.41 bits per heavy atom. The first-order valence-electron chi connectivity index (χ1n) is 5.26. The zero-order valence-corrected chi connectivity index (χ0v) is 9.90. The summed E-state index contributed by atoms with van der Waals surface area (Å²) in [7, 11) is 1.57. The largest absolute Gasteiger partial charge is 0.497 e. The molecule has 1 atom stereocenters. The van der Waals surface area contributed by atoms with Crippen molar-refractivity contribution in [3.05, 3.63) is 24.3 Å². The van der Waals surface area contributed by atoms with Gasteiger partial charge in [-0.2, -0.15) is 0 Å². The van der Waals surface area contributed by atoms with Crippen molar-refractivity contribution in [2.24, 2.45) is 11.7 Å². The average Bonchev–Trinajstić information content (AvgIpc) is 2.29. The maximum atomic E-state index is 11.5. The number of hydrogen-bond donors (Lipinski definition) is 2. The molecule has 0 radical (unpaired) electrons. The number of primary amides is 1. The molecule has 1 unspecified atom stereocenters. The maximum absolute atomic E-state index is 11.5. The maximum Gasteiger partial charge on any atom is 0.225 e. The van der Waals surface area contributed by atoms with E-state index in [0.29, 0.717) is 11.4 Å². The summed E-state index contributed by atoms with van der Waals surface area (Å²) in [5.74, 6) is -0.460. The number of methoxy groups -OCH3 is 1. The summed E-state index contributed by atoms with van der Waals surface area (Å²) in [5.41, 5.74) is 5.74. The number of anilines is 1. The molecular formula is C12H16N2O3. The van der Waals surface area contributed by atoms with Crippen molar-refractivity contribution < 1.29 is 14.3 Å². The molecule has 0 aliphatic heterocycles. The molecule has 92 valence electrons. The minimum Gasteiger partial charge on any atom is -0.497 e. The highest BCUT2D eigenvalue weighted by molar-refractivity contribution is 5.93. The van der Waals surface area contributed by atoms with Crippen molar-refractivity contribution in [1.82, 2.24) is 0 Å². The van der Waals surface area contributed by atoms with Gasteiger partial charge in [-0.25, -0.2) is 0 Å². The quantitative estimate of drug-likeness (QED) is 0.804. The Morgan fingerprint density at radius 2 is 1.94 bits per heavy atom. The molecule has 1 rings (SSSR count). The zero-order chi connectivity index (χ0) is 12.8. The van der Waals surface area contributed by atoms with Crippen LogP contribution in [0.3, 0.4) is 0 Å². The molecule has 3 N–H and O–H groups in total. The number of nitrogens with one attached hydrogen (secondary N) is 1. The van der Waals surface area contributed by atoms with Gasteiger partial charge in [-0.05, 0) is 24.3 Å². The number of rotatable bonds is 5. The molecular weight excluding hydrogens is 220 g/mol. The lowest BCUT2D eigenvalue weighted by molar-refractivity contribution is -0.125. The van der Waals surface area contributed by atoms with Crippen molar-refractivity contribution in [3.8, 4) is 5.75 Å². The second-order valence-electron chi connectivity index (χ2n) is 3.78. The minimum atomic E-state index is -0.477. The fourth-order valence-electron chi connectivity index (χ4n) is 1.27. The zero-order valence-electron chi connectivity index (χ0n) is 9.90. The van der Waals surface area contributed by atoms with Gasteiger partial charge in [-0.15, -0.1) is 0 Å². The highest BCUT2D eigenvalue weighted by Gasteiger charge is 2.13. The summed E-state index contributed by atoms with van der Waals surface area (Å²) in [6, 6.07) is 6.94. The summed E-state index contributed by atoms with van der Waals surface area (Å²) in [4.78, 5) is 22.3. The van der Waals surface area contributed by atoms with Gasteiger partial charge in [0, 0.05) is 18.0 Å². The monoisotopic (exact) mass is 236 g/mol. The molecule has 1 aromatic rings. The SMILES string of the molecule is COc1ccc(NC(=O)CC(C)C(N)=O)cc1. The van der Waals surface area contributed by atoms with Gasteiger partial charge in [0.05, 0.1) is 7.11 Å². The van der Waals surface area contributed by atoms with Crippen LogP contribution in [-0.4, -0.2) is 18.9 Å². The van der Waals surface area contributed by atoms with Gasteiger partial charge in [-0.1, -0.05) is 6.92 Å². The van der Waals surface area contributed by atoms with Crippen LogP contribution in [0.5, 0.6) is 5.75 Å². The molecule has 0 aliphatic rings. The van der Waals surface area contributed by atoms with Crippen molar-refractivity contribution in [1.29, 1.82) is 0 Å². The van der Waals surface area contributed by atoms with E-state index in [1.807, 2.05) is 0 Å². The van der Waals surface area contributed by atoms with Crippen molar-refractivity contribution in [2.45, 2.75) is 13.3 Å². The summed E-state index contributed by atoms with van der Waals surface area (Å²) in [6.07, 6.45) is 0.0847. The number of amides is 2. The van der Waals surface area contributed by atoms with Crippen LogP contribution < -0.4 is 15.8 Å². The van der Waals surface area contributed by atoms with Crippen LogP contribution in [-0.2, 0) is 9.59 Å². The Balaban J connectivity index is 2.53. The third-order valence-electron chi connectivity index (χ3n) is 2.35. The van der Waals surface area contributed by atoms with E-state index in [2.05, 4.69) is 5.32 Å². The smallest absolute Gasteiger partial charge is 0.225 e. The second-order valence-corrected chi connectivity index (χ2v) is 3.78. The summed E-state index contributed by atoms with van der Waals surface area (Å²) in [5, 5.41) is 2.68. The van der Waals surface area contributed by atoms with Crippen LogP contribution >= 0.6 is 0 Å². The second kappa shape index (κ2) is 5.89. The summed E-state index contributed by atoms with van der Waals surface area (Å²) in [6.45, 7) is 1.62. The molecule has 0 bridgehead atoms. The Labute approximate surface area is 99.9 Å². The van der Waals surface area contributed by atoms with E-state index in [1.165, 1.54) is 0 Å². The Morgan fingerprint density at radius 1 is 1.35 bits per heavy atom. The van der Waals surface area contributed by atoms with Gasteiger partial charge in [-0.3, -0.25) is 9.59 Å². The van der Waals surface area contributed by atoms with Crippen molar-refractivity contribution in [2.75, 3.05) is 12.4 Å². The fourth-order valence-corrected chi connectivity index (χ4v) is 1.27. The van der Waals surface area contributed by atoms with E-state index in [9.17, 15) is 9.59 Å². The Kier molecular flexibility index (Phi) is 4.51. The molecule has 1 aromatic carbocycles. The van der Waals surface area contributed by atoms with Gasteiger partial charge >= 0.3 is 0 Å². The molecule has 0 saturated heterocycles. The lowest BCUT2D eigenvalue weighted by Gasteiger charge is -2.08. The first kappa shape index (κ1) is 13.0. The highest BCUT2D eigenvalue weighted by Crippen LogP contribution is 2.15. The third-order valence-corrected chi connectivity index (χ3v) is 2.35. The van der Waals surface area contributed by atoms with E-state index in [-0.39, 0.29) is 12.3 Å². The standard InChI is InChI=1S/C12H16N2O3/c1-8(12(13)16)7-11(15)14-9-3-5-10(17-2)6-4-9/h3-6,8H,7H2,1-2H3,(H2,13,16)(H,14,15). The van der Waals surface area contributed by atoms with Crippen molar-refractivity contribution >= 4 is 17.5 Å². The molecule has 17 heavy (non-hydrogen) atoms. The van der Waals surface area contributed by atoms with Crippen molar-refractivity contribution in [3.63, 3.8) is 0 Å². The van der Waals surface area contributed by atoms with Crippen LogP contribution in [0, 0.1) is 5.92 Å². The fraction of sp³-hybridized carbons (Fsp3) is 0.333. The van der Waals surface area contributed by atoms with Gasteiger partial charge in [0.2, 0.25) is 11.8 Å². The van der Waals surface area contributed by atoms with Crippen LogP contribution in [0.15, 0.2) is 24.3 Å². The molecule has 5 heteroatoms. The normalized spacial score (nSPS) is 11.6. The third kappa shape index (κ3) is 4.14. The van der Waals surface area contributed by atoms with Crippen LogP contribution in [0.1, 0.15) is 13.3 Å². The molecule has 5 nitrogen and oxygen atoms in total. The number of nitrogens with two attached hydrogens (primary N) is 1. The van der Waals surface area contributed by atoms with E-state index in [4.69, 9.17) is 10.5 Å². The van der Waals surface area contributed by atoms with E-state index in [1.54, 1.807) is 38.3 Å². The lowest BCUT2D eigenvalue weighted by atomic mass is 10.1. The van der Waals surface area contributed by atoms with Gasteiger partial charge in [0.25, 0.3) is 0 Å². The number of hydrogen-bond acceptors (Lipinski definition) is 3. The van der Waals surface area contributed by atoms with Crippen LogP contribution in [0.2, 0.25) is 0 Å².